The van der Waals surface area contributed by atoms with E-state index in [1.807, 2.05) is 18.2 Å². The number of nitrogens with one attached hydrogen (secondary N) is 2. The monoisotopic (exact) mass is 317 g/mol. The number of ether oxygens (including phenoxy) is 1. The molecule has 1 saturated heterocycles. The van der Waals surface area contributed by atoms with E-state index in [4.69, 9.17) is 4.74 Å². The van der Waals surface area contributed by atoms with Gasteiger partial charge in [-0.05, 0) is 24.5 Å². The van der Waals surface area contributed by atoms with E-state index in [1.54, 1.807) is 11.9 Å². The second kappa shape index (κ2) is 6.89. The van der Waals surface area contributed by atoms with Crippen molar-refractivity contribution in [1.29, 1.82) is 0 Å². The van der Waals surface area contributed by atoms with Gasteiger partial charge < -0.3 is 20.3 Å². The zero-order valence-electron chi connectivity index (χ0n) is 13.4. The van der Waals surface area contributed by atoms with E-state index < -0.39 is 0 Å². The highest BCUT2D eigenvalue weighted by Crippen LogP contribution is 2.27. The average Bonchev–Trinajstić information content (AvgIpc) is 3.02. The van der Waals surface area contributed by atoms with Crippen LogP contribution in [0.1, 0.15) is 18.4 Å². The van der Waals surface area contributed by atoms with Gasteiger partial charge in [-0.15, -0.1) is 0 Å². The fourth-order valence-corrected chi connectivity index (χ4v) is 3.23. The molecule has 0 spiro atoms. The number of hydrogen-bond donors (Lipinski definition) is 2. The van der Waals surface area contributed by atoms with E-state index in [0.29, 0.717) is 19.6 Å². The summed E-state index contributed by atoms with van der Waals surface area (Å²) in [4.78, 5) is 25.6. The van der Waals surface area contributed by atoms with Crippen LogP contribution in [0.4, 0.5) is 4.79 Å². The molecule has 3 rings (SSSR count). The van der Waals surface area contributed by atoms with E-state index in [2.05, 4.69) is 16.7 Å². The second-order valence-electron chi connectivity index (χ2n) is 6.11. The Balaban J connectivity index is 1.42. The Morgan fingerprint density at radius 2 is 2.00 bits per heavy atom. The summed E-state index contributed by atoms with van der Waals surface area (Å²) in [6.45, 7) is 1.74. The molecule has 23 heavy (non-hydrogen) atoms. The molecular weight excluding hydrogens is 294 g/mol. The molecule has 2 aliphatic heterocycles. The first-order chi connectivity index (χ1) is 11.2. The Kier molecular flexibility index (Phi) is 4.69. The molecule has 2 aliphatic rings. The maximum Gasteiger partial charge on any atom is 0.317 e. The number of amides is 3. The molecule has 2 N–H and O–H groups in total. The van der Waals surface area contributed by atoms with Crippen molar-refractivity contribution in [2.24, 2.45) is 5.92 Å². The smallest absolute Gasteiger partial charge is 0.317 e. The van der Waals surface area contributed by atoms with Crippen LogP contribution >= 0.6 is 0 Å². The summed E-state index contributed by atoms with van der Waals surface area (Å²) >= 11 is 0. The number of urea groups is 1. The van der Waals surface area contributed by atoms with Crippen LogP contribution in [0.25, 0.3) is 0 Å². The quantitative estimate of drug-likeness (QED) is 0.879. The highest BCUT2D eigenvalue weighted by Gasteiger charge is 2.28. The van der Waals surface area contributed by atoms with Crippen molar-refractivity contribution in [3.8, 4) is 5.75 Å². The lowest BCUT2D eigenvalue weighted by atomic mass is 9.96. The van der Waals surface area contributed by atoms with Crippen molar-refractivity contribution >= 4 is 11.9 Å². The summed E-state index contributed by atoms with van der Waals surface area (Å²) in [6.07, 6.45) is 2.27. The fraction of sp³-hybridized carbons (Fsp3) is 0.529. The van der Waals surface area contributed by atoms with Crippen LogP contribution in [-0.2, 0) is 11.2 Å². The first kappa shape index (κ1) is 15.6. The lowest BCUT2D eigenvalue weighted by Crippen LogP contribution is -2.48. The summed E-state index contributed by atoms with van der Waals surface area (Å²) in [5.41, 5.74) is 1.19. The van der Waals surface area contributed by atoms with Crippen molar-refractivity contribution in [3.63, 3.8) is 0 Å². The molecule has 1 aromatic rings. The highest BCUT2D eigenvalue weighted by atomic mass is 16.5. The van der Waals surface area contributed by atoms with E-state index >= 15 is 0 Å². The van der Waals surface area contributed by atoms with Crippen LogP contribution in [0, 0.1) is 5.92 Å². The summed E-state index contributed by atoms with van der Waals surface area (Å²) < 4.78 is 5.82. The molecule has 0 unspecified atom stereocenters. The van der Waals surface area contributed by atoms with Gasteiger partial charge in [0, 0.05) is 32.5 Å². The molecular formula is C17H23N3O3. The fourth-order valence-electron chi connectivity index (χ4n) is 3.23. The largest absolute Gasteiger partial charge is 0.488 e. The van der Waals surface area contributed by atoms with E-state index in [9.17, 15) is 9.59 Å². The summed E-state index contributed by atoms with van der Waals surface area (Å²) in [5, 5.41) is 5.62. The van der Waals surface area contributed by atoms with Crippen LogP contribution in [-0.4, -0.2) is 49.6 Å². The van der Waals surface area contributed by atoms with Gasteiger partial charge in [-0.1, -0.05) is 18.2 Å². The van der Waals surface area contributed by atoms with Crippen LogP contribution in [0.5, 0.6) is 5.75 Å². The summed E-state index contributed by atoms with van der Waals surface area (Å²) in [7, 11) is 1.65. The van der Waals surface area contributed by atoms with Gasteiger partial charge in [-0.2, -0.15) is 0 Å². The normalized spacial score (nSPS) is 20.6. The molecule has 0 saturated carbocycles. The number of nitrogens with zero attached hydrogens (tertiary/aromatic N) is 1. The van der Waals surface area contributed by atoms with Gasteiger partial charge >= 0.3 is 6.03 Å². The van der Waals surface area contributed by atoms with Gasteiger partial charge in [-0.3, -0.25) is 4.79 Å². The molecule has 0 aliphatic carbocycles. The van der Waals surface area contributed by atoms with Crippen molar-refractivity contribution in [1.82, 2.24) is 15.5 Å². The predicted molar refractivity (Wildman–Crippen MR) is 86.3 cm³/mol. The van der Waals surface area contributed by atoms with Gasteiger partial charge in [0.15, 0.2) is 0 Å². The van der Waals surface area contributed by atoms with E-state index in [0.717, 1.165) is 25.0 Å². The van der Waals surface area contributed by atoms with E-state index in [1.165, 1.54) is 5.56 Å². The molecule has 3 amide bonds. The molecule has 124 valence electrons. The highest BCUT2D eigenvalue weighted by molar-refractivity contribution is 5.79. The Labute approximate surface area is 136 Å². The Hall–Kier alpha value is -2.24. The zero-order chi connectivity index (χ0) is 16.2. The number of fused-ring (bicyclic) bond motifs is 1. The van der Waals surface area contributed by atoms with Gasteiger partial charge in [0.05, 0.1) is 6.54 Å². The Morgan fingerprint density at radius 3 is 2.70 bits per heavy atom. The Morgan fingerprint density at radius 1 is 1.26 bits per heavy atom. The molecule has 1 aromatic carbocycles. The first-order valence-electron chi connectivity index (χ1n) is 8.16. The van der Waals surface area contributed by atoms with Crippen molar-refractivity contribution in [2.75, 3.05) is 26.7 Å². The number of likely N-dealkylation sites (tertiary alicyclic amines) is 1. The van der Waals surface area contributed by atoms with Crippen LogP contribution < -0.4 is 15.4 Å². The third kappa shape index (κ3) is 3.57. The Bertz CT molecular complexity index is 557. The topological polar surface area (TPSA) is 70.7 Å². The van der Waals surface area contributed by atoms with Gasteiger partial charge in [0.25, 0.3) is 0 Å². The van der Waals surface area contributed by atoms with Crippen molar-refractivity contribution in [3.05, 3.63) is 29.8 Å². The summed E-state index contributed by atoms with van der Waals surface area (Å²) in [5.74, 6) is 1.01. The van der Waals surface area contributed by atoms with Gasteiger partial charge in [0.1, 0.15) is 11.9 Å². The zero-order valence-corrected chi connectivity index (χ0v) is 13.4. The minimum atomic E-state index is -0.0695. The summed E-state index contributed by atoms with van der Waals surface area (Å²) in [6, 6.07) is 7.90. The molecule has 0 aromatic heterocycles. The minimum absolute atomic E-state index is 0.000224. The molecule has 1 atom stereocenters. The van der Waals surface area contributed by atoms with Crippen LogP contribution in [0.3, 0.4) is 0 Å². The number of para-hydroxylation sites is 1. The molecule has 6 heteroatoms. The number of carbonyl (C=O) groups excluding carboxylic acids is 2. The number of benzene rings is 1. The average molecular weight is 317 g/mol. The third-order valence-electron chi connectivity index (χ3n) is 4.59. The maximum absolute atomic E-state index is 12.2. The van der Waals surface area contributed by atoms with Crippen LogP contribution in [0.2, 0.25) is 0 Å². The van der Waals surface area contributed by atoms with Crippen molar-refractivity contribution in [2.45, 2.75) is 25.4 Å². The number of carbonyl (C=O) groups is 2. The van der Waals surface area contributed by atoms with Gasteiger partial charge in [-0.25, -0.2) is 4.79 Å². The molecule has 0 radical (unpaired) electrons. The number of rotatable bonds is 3. The third-order valence-corrected chi connectivity index (χ3v) is 4.59. The SMILES string of the molecule is CNC(=O)C1CCN(C(=O)NC[C@H]2Cc3ccccc3O2)CC1. The maximum atomic E-state index is 12.2. The standard InChI is InChI=1S/C17H23N3O3/c1-18-16(21)12-6-8-20(9-7-12)17(22)19-11-14-10-13-4-2-3-5-15(13)23-14/h2-5,12,14H,6-11H2,1H3,(H,18,21)(H,19,22)/t14-/m1/s1. The minimum Gasteiger partial charge on any atom is -0.488 e. The lowest BCUT2D eigenvalue weighted by Gasteiger charge is -2.31. The predicted octanol–water partition coefficient (Wildman–Crippen LogP) is 1.16. The lowest BCUT2D eigenvalue weighted by molar-refractivity contribution is -0.125. The van der Waals surface area contributed by atoms with Gasteiger partial charge in [0.2, 0.25) is 5.91 Å². The van der Waals surface area contributed by atoms with Crippen LogP contribution in [0.15, 0.2) is 24.3 Å². The van der Waals surface area contributed by atoms with Crippen molar-refractivity contribution < 1.29 is 14.3 Å². The molecule has 6 nitrogen and oxygen atoms in total. The molecule has 0 bridgehead atoms. The first-order valence-corrected chi connectivity index (χ1v) is 8.16. The van der Waals surface area contributed by atoms with E-state index in [-0.39, 0.29) is 24.0 Å². The molecule has 2 heterocycles. The molecule has 1 fully saturated rings. The number of piperidine rings is 1. The second-order valence-corrected chi connectivity index (χ2v) is 6.11. The number of hydrogen-bond acceptors (Lipinski definition) is 3.